The normalized spacial score (nSPS) is 17.4. The molecule has 0 amide bonds. The van der Waals surface area contributed by atoms with Gasteiger partial charge in [0.1, 0.15) is 5.75 Å². The molecule has 1 aliphatic rings. The summed E-state index contributed by atoms with van der Waals surface area (Å²) in [5.41, 5.74) is 2.78. The Morgan fingerprint density at radius 1 is 1.31 bits per heavy atom. The van der Waals surface area contributed by atoms with Crippen LogP contribution in [0.2, 0.25) is 0 Å². The molecule has 88 valence electrons. The molecule has 0 atom stereocenters. The predicted octanol–water partition coefficient (Wildman–Crippen LogP) is 4.13. The molecular formula is C13H18OS2. The van der Waals surface area contributed by atoms with E-state index in [0.29, 0.717) is 4.58 Å². The average molecular weight is 254 g/mol. The summed E-state index contributed by atoms with van der Waals surface area (Å²) in [6.07, 6.45) is 2.39. The third kappa shape index (κ3) is 2.69. The van der Waals surface area contributed by atoms with Crippen LogP contribution in [-0.4, -0.2) is 18.6 Å². The van der Waals surface area contributed by atoms with Crippen molar-refractivity contribution in [3.8, 4) is 5.75 Å². The van der Waals surface area contributed by atoms with Crippen LogP contribution in [0.15, 0.2) is 18.2 Å². The molecule has 2 rings (SSSR count). The maximum absolute atomic E-state index is 5.36. The van der Waals surface area contributed by atoms with E-state index in [9.17, 15) is 0 Å². The van der Waals surface area contributed by atoms with E-state index < -0.39 is 0 Å². The van der Waals surface area contributed by atoms with Gasteiger partial charge in [-0.25, -0.2) is 0 Å². The molecule has 0 N–H and O–H groups in total. The van der Waals surface area contributed by atoms with Crippen molar-refractivity contribution >= 4 is 23.5 Å². The van der Waals surface area contributed by atoms with Crippen LogP contribution in [0.25, 0.3) is 0 Å². The van der Waals surface area contributed by atoms with Gasteiger partial charge in [-0.05, 0) is 41.5 Å². The van der Waals surface area contributed by atoms with Crippen molar-refractivity contribution in [3.05, 3.63) is 29.3 Å². The van der Waals surface area contributed by atoms with E-state index in [1.807, 2.05) is 0 Å². The number of hydrogen-bond acceptors (Lipinski definition) is 3. The molecule has 0 aliphatic carbocycles. The van der Waals surface area contributed by atoms with Gasteiger partial charge in [0.15, 0.2) is 0 Å². The molecule has 0 spiro atoms. The van der Waals surface area contributed by atoms with Gasteiger partial charge in [-0.2, -0.15) is 0 Å². The van der Waals surface area contributed by atoms with Crippen LogP contribution in [0.4, 0.5) is 0 Å². The number of aryl methyl sites for hydroxylation is 1. The van der Waals surface area contributed by atoms with Crippen molar-refractivity contribution in [2.75, 3.05) is 18.6 Å². The number of ether oxygens (including phenoxy) is 1. The smallest absolute Gasteiger partial charge is 0.122 e. The van der Waals surface area contributed by atoms with Gasteiger partial charge < -0.3 is 4.74 Å². The highest BCUT2D eigenvalue weighted by molar-refractivity contribution is 8.16. The lowest BCUT2D eigenvalue weighted by molar-refractivity contribution is 0.410. The van der Waals surface area contributed by atoms with Crippen molar-refractivity contribution in [2.24, 2.45) is 0 Å². The molecule has 1 heterocycles. The van der Waals surface area contributed by atoms with Gasteiger partial charge in [0.2, 0.25) is 0 Å². The monoisotopic (exact) mass is 254 g/mol. The molecule has 1 aromatic rings. The van der Waals surface area contributed by atoms with Crippen LogP contribution in [0, 0.1) is 0 Å². The van der Waals surface area contributed by atoms with E-state index in [-0.39, 0.29) is 0 Å². The molecule has 1 aliphatic heterocycles. The van der Waals surface area contributed by atoms with Crippen LogP contribution < -0.4 is 4.74 Å². The van der Waals surface area contributed by atoms with Gasteiger partial charge in [-0.3, -0.25) is 0 Å². The van der Waals surface area contributed by atoms with Gasteiger partial charge in [0, 0.05) is 0 Å². The zero-order valence-corrected chi connectivity index (χ0v) is 11.5. The van der Waals surface area contributed by atoms with Crippen molar-refractivity contribution in [2.45, 2.75) is 24.3 Å². The lowest BCUT2D eigenvalue weighted by Crippen LogP contribution is -2.01. The Labute approximate surface area is 106 Å². The van der Waals surface area contributed by atoms with E-state index in [1.54, 1.807) is 7.11 Å². The number of rotatable bonds is 3. The fourth-order valence-corrected chi connectivity index (χ4v) is 4.77. The minimum Gasteiger partial charge on any atom is -0.496 e. The van der Waals surface area contributed by atoms with E-state index in [1.165, 1.54) is 29.1 Å². The summed E-state index contributed by atoms with van der Waals surface area (Å²) in [5, 5.41) is 0. The summed E-state index contributed by atoms with van der Waals surface area (Å²) in [5.74, 6) is 3.62. The quantitative estimate of drug-likeness (QED) is 0.803. The second-order valence-corrected chi connectivity index (χ2v) is 6.58. The Hall–Kier alpha value is -0.280. The Balaban J connectivity index is 2.20. The second-order valence-electron chi connectivity index (χ2n) is 3.85. The topological polar surface area (TPSA) is 9.23 Å². The van der Waals surface area contributed by atoms with Crippen LogP contribution in [0.1, 0.15) is 29.1 Å². The average Bonchev–Trinajstić information content (AvgIpc) is 2.39. The fourth-order valence-electron chi connectivity index (χ4n) is 1.90. The predicted molar refractivity (Wildman–Crippen MR) is 74.6 cm³/mol. The van der Waals surface area contributed by atoms with Gasteiger partial charge in [-0.1, -0.05) is 19.1 Å². The van der Waals surface area contributed by atoms with Gasteiger partial charge in [0.25, 0.3) is 0 Å². The summed E-state index contributed by atoms with van der Waals surface area (Å²) in [6.45, 7) is 2.18. The molecule has 3 heteroatoms. The zero-order valence-electron chi connectivity index (χ0n) is 9.86. The standard InChI is InChI=1S/C13H18OS2/c1-3-10-9-11(5-6-12(10)14-2)13-15-7-4-8-16-13/h5-6,9,13H,3-4,7-8H2,1-2H3. The Bertz CT molecular complexity index is 346. The number of methoxy groups -OCH3 is 1. The summed E-state index contributed by atoms with van der Waals surface area (Å²) < 4.78 is 5.99. The first-order chi connectivity index (χ1) is 7.85. The number of benzene rings is 1. The first-order valence-corrected chi connectivity index (χ1v) is 7.85. The zero-order chi connectivity index (χ0) is 11.4. The van der Waals surface area contributed by atoms with Crippen LogP contribution in [0.3, 0.4) is 0 Å². The molecule has 16 heavy (non-hydrogen) atoms. The molecule has 0 radical (unpaired) electrons. The highest BCUT2D eigenvalue weighted by atomic mass is 32.2. The minimum absolute atomic E-state index is 0.630. The van der Waals surface area contributed by atoms with Crippen LogP contribution >= 0.6 is 23.5 Å². The summed E-state index contributed by atoms with van der Waals surface area (Å²) in [6, 6.07) is 6.65. The third-order valence-electron chi connectivity index (χ3n) is 2.78. The summed E-state index contributed by atoms with van der Waals surface area (Å²) >= 11 is 4.14. The molecular weight excluding hydrogens is 236 g/mol. The lowest BCUT2D eigenvalue weighted by atomic mass is 10.1. The largest absolute Gasteiger partial charge is 0.496 e. The molecule has 0 unspecified atom stereocenters. The van der Waals surface area contributed by atoms with Gasteiger partial charge in [0.05, 0.1) is 11.7 Å². The third-order valence-corrected chi connectivity index (χ3v) is 5.80. The number of thioether (sulfide) groups is 2. The van der Waals surface area contributed by atoms with E-state index >= 15 is 0 Å². The molecule has 1 nitrogen and oxygen atoms in total. The van der Waals surface area contributed by atoms with Gasteiger partial charge >= 0.3 is 0 Å². The van der Waals surface area contributed by atoms with Crippen molar-refractivity contribution in [1.82, 2.24) is 0 Å². The van der Waals surface area contributed by atoms with Crippen molar-refractivity contribution in [3.63, 3.8) is 0 Å². The van der Waals surface area contributed by atoms with Crippen LogP contribution in [-0.2, 0) is 6.42 Å². The van der Waals surface area contributed by atoms with Crippen LogP contribution in [0.5, 0.6) is 5.75 Å². The first kappa shape index (κ1) is 12.2. The minimum atomic E-state index is 0.630. The van der Waals surface area contributed by atoms with E-state index in [2.05, 4.69) is 48.6 Å². The van der Waals surface area contributed by atoms with E-state index in [4.69, 9.17) is 4.74 Å². The molecule has 0 aromatic heterocycles. The Morgan fingerprint density at radius 2 is 2.06 bits per heavy atom. The fraction of sp³-hybridized carbons (Fsp3) is 0.538. The van der Waals surface area contributed by atoms with E-state index in [0.717, 1.165) is 12.2 Å². The van der Waals surface area contributed by atoms with Crippen molar-refractivity contribution < 1.29 is 4.74 Å². The Morgan fingerprint density at radius 3 is 2.69 bits per heavy atom. The molecule has 1 saturated heterocycles. The maximum atomic E-state index is 5.36. The maximum Gasteiger partial charge on any atom is 0.122 e. The SMILES string of the molecule is CCc1cc(C2SCCCS2)ccc1OC. The summed E-state index contributed by atoms with van der Waals surface area (Å²) in [4.78, 5) is 0. The highest BCUT2D eigenvalue weighted by Crippen LogP contribution is 2.44. The molecule has 1 aromatic carbocycles. The van der Waals surface area contributed by atoms with Gasteiger partial charge in [-0.15, -0.1) is 23.5 Å². The molecule has 1 fully saturated rings. The second kappa shape index (κ2) is 5.87. The molecule has 0 bridgehead atoms. The highest BCUT2D eigenvalue weighted by Gasteiger charge is 2.17. The molecule has 0 saturated carbocycles. The number of hydrogen-bond donors (Lipinski definition) is 0. The van der Waals surface area contributed by atoms with Crippen molar-refractivity contribution in [1.29, 1.82) is 0 Å². The first-order valence-electron chi connectivity index (χ1n) is 5.75. The lowest BCUT2D eigenvalue weighted by Gasteiger charge is -2.22. The Kier molecular flexibility index (Phi) is 4.47. The summed E-state index contributed by atoms with van der Waals surface area (Å²) in [7, 11) is 1.75.